The number of H-pyrrole nitrogens is 1. The Bertz CT molecular complexity index is 1460. The molecule has 35 heavy (non-hydrogen) atoms. The number of carbonyl (C=O) groups is 1. The first-order valence-electron chi connectivity index (χ1n) is 10.5. The fourth-order valence-corrected chi connectivity index (χ4v) is 4.94. The predicted octanol–water partition coefficient (Wildman–Crippen LogP) is 5.80. The molecule has 0 spiro atoms. The Hall–Kier alpha value is -3.56. The smallest absolute Gasteiger partial charge is 0.273 e. The van der Waals surface area contributed by atoms with Crippen LogP contribution in [0.15, 0.2) is 59.1 Å². The maximum absolute atomic E-state index is 13.6. The number of methoxy groups -OCH3 is 1. The average molecular weight is 559 g/mol. The van der Waals surface area contributed by atoms with Crippen LogP contribution in [0.5, 0.6) is 17.2 Å². The van der Waals surface area contributed by atoms with Gasteiger partial charge in [0, 0.05) is 22.7 Å². The number of benzene rings is 3. The molecule has 1 amide bonds. The molecule has 3 aromatic carbocycles. The van der Waals surface area contributed by atoms with E-state index in [1.165, 1.54) is 25.3 Å². The van der Waals surface area contributed by atoms with E-state index in [1.54, 1.807) is 41.3 Å². The molecule has 1 atom stereocenters. The molecule has 10 heteroatoms. The number of aromatic amines is 1. The van der Waals surface area contributed by atoms with E-state index in [9.17, 15) is 19.4 Å². The van der Waals surface area contributed by atoms with Crippen molar-refractivity contribution in [1.29, 1.82) is 0 Å². The number of halogens is 3. The monoisotopic (exact) mass is 557 g/mol. The first-order chi connectivity index (χ1) is 16.8. The van der Waals surface area contributed by atoms with E-state index in [4.69, 9.17) is 16.3 Å². The second-order valence-electron chi connectivity index (χ2n) is 8.04. The zero-order valence-electron chi connectivity index (χ0n) is 18.2. The highest BCUT2D eigenvalue weighted by Gasteiger charge is 2.43. The second kappa shape index (κ2) is 8.90. The lowest BCUT2D eigenvalue weighted by molar-refractivity contribution is 0.0730. The molecular weight excluding hydrogens is 541 g/mol. The Kier molecular flexibility index (Phi) is 5.90. The maximum atomic E-state index is 13.6. The number of phenols is 2. The van der Waals surface area contributed by atoms with E-state index >= 15 is 0 Å². The van der Waals surface area contributed by atoms with Crippen molar-refractivity contribution in [2.75, 3.05) is 7.11 Å². The van der Waals surface area contributed by atoms with Crippen LogP contribution in [-0.2, 0) is 6.54 Å². The van der Waals surface area contributed by atoms with Crippen LogP contribution in [0.2, 0.25) is 5.02 Å². The van der Waals surface area contributed by atoms with Crippen molar-refractivity contribution in [3.8, 4) is 28.5 Å². The van der Waals surface area contributed by atoms with Crippen molar-refractivity contribution in [2.45, 2.75) is 12.6 Å². The number of phenolic OH excluding ortho intramolecular Hbond substituents is 2. The van der Waals surface area contributed by atoms with Crippen molar-refractivity contribution >= 4 is 33.4 Å². The summed E-state index contributed by atoms with van der Waals surface area (Å²) in [5.41, 5.74) is 2.87. The van der Waals surface area contributed by atoms with Gasteiger partial charge < -0.3 is 19.8 Å². The number of carbonyl (C=O) groups excluding carboxylic acids is 1. The second-order valence-corrected chi connectivity index (χ2v) is 9.33. The van der Waals surface area contributed by atoms with Crippen molar-refractivity contribution in [3.63, 3.8) is 0 Å². The van der Waals surface area contributed by atoms with Gasteiger partial charge >= 0.3 is 0 Å². The lowest BCUT2D eigenvalue weighted by atomic mass is 9.95. The third-order valence-corrected chi connectivity index (χ3v) is 6.77. The molecule has 0 saturated carbocycles. The van der Waals surface area contributed by atoms with Crippen molar-refractivity contribution in [2.24, 2.45) is 0 Å². The Morgan fingerprint density at radius 2 is 1.91 bits per heavy atom. The van der Waals surface area contributed by atoms with Crippen molar-refractivity contribution in [1.82, 2.24) is 15.1 Å². The summed E-state index contributed by atoms with van der Waals surface area (Å²) in [6.07, 6.45) is 0. The summed E-state index contributed by atoms with van der Waals surface area (Å²) >= 11 is 9.54. The number of nitrogens with zero attached hydrogens (tertiary/aromatic N) is 2. The summed E-state index contributed by atoms with van der Waals surface area (Å²) in [6, 6.07) is 13.1. The van der Waals surface area contributed by atoms with Gasteiger partial charge in [-0.25, -0.2) is 4.39 Å². The van der Waals surface area contributed by atoms with Gasteiger partial charge in [-0.1, -0.05) is 23.7 Å². The highest BCUT2D eigenvalue weighted by Crippen LogP contribution is 2.48. The minimum absolute atomic E-state index is 0.0450. The topological polar surface area (TPSA) is 98.7 Å². The van der Waals surface area contributed by atoms with Crippen LogP contribution in [0, 0.1) is 5.82 Å². The molecule has 5 rings (SSSR count). The van der Waals surface area contributed by atoms with Crippen LogP contribution in [0.1, 0.15) is 33.2 Å². The summed E-state index contributed by atoms with van der Waals surface area (Å²) < 4.78 is 19.2. The first-order valence-corrected chi connectivity index (χ1v) is 11.6. The Morgan fingerprint density at radius 1 is 1.17 bits per heavy atom. The van der Waals surface area contributed by atoms with E-state index in [1.807, 2.05) is 0 Å². The van der Waals surface area contributed by atoms with Gasteiger partial charge in [0.25, 0.3) is 5.91 Å². The summed E-state index contributed by atoms with van der Waals surface area (Å²) in [6.45, 7) is 0.175. The number of ether oxygens (including phenoxy) is 1. The minimum atomic E-state index is -0.666. The summed E-state index contributed by atoms with van der Waals surface area (Å²) in [5.74, 6) is -0.606. The van der Waals surface area contributed by atoms with E-state index in [0.29, 0.717) is 31.9 Å². The Morgan fingerprint density at radius 3 is 2.63 bits per heavy atom. The third-order valence-electron chi connectivity index (χ3n) is 5.93. The molecule has 1 aliphatic heterocycles. The normalized spacial score (nSPS) is 14.9. The van der Waals surface area contributed by atoms with Gasteiger partial charge in [-0.3, -0.25) is 9.89 Å². The van der Waals surface area contributed by atoms with Crippen molar-refractivity contribution in [3.05, 3.63) is 92.3 Å². The summed E-state index contributed by atoms with van der Waals surface area (Å²) in [4.78, 5) is 15.2. The molecular formula is C25H18BrClFN3O4. The van der Waals surface area contributed by atoms with E-state index in [2.05, 4.69) is 26.1 Å². The Balaban J connectivity index is 1.71. The molecule has 0 radical (unpaired) electrons. The van der Waals surface area contributed by atoms with Gasteiger partial charge in [-0.2, -0.15) is 5.10 Å². The van der Waals surface area contributed by atoms with E-state index in [-0.39, 0.29) is 41.2 Å². The lowest BCUT2D eigenvalue weighted by Gasteiger charge is -2.27. The van der Waals surface area contributed by atoms with Crippen LogP contribution in [-0.4, -0.2) is 38.3 Å². The summed E-state index contributed by atoms with van der Waals surface area (Å²) in [7, 11) is 1.43. The minimum Gasteiger partial charge on any atom is -0.507 e. The zero-order valence-corrected chi connectivity index (χ0v) is 20.6. The van der Waals surface area contributed by atoms with Crippen LogP contribution in [0.4, 0.5) is 4.39 Å². The molecule has 1 unspecified atom stereocenters. The number of hydrogen-bond acceptors (Lipinski definition) is 5. The SMILES string of the molecule is COc1cc(C2c3c(-c4cc(Cl)ccc4O)n[nH]c3C(=O)N2Cc2ccc(F)cc2)cc(Br)c1O. The van der Waals surface area contributed by atoms with E-state index < -0.39 is 6.04 Å². The quantitative estimate of drug-likeness (QED) is 0.288. The number of nitrogens with one attached hydrogen (secondary N) is 1. The van der Waals surface area contributed by atoms with Gasteiger partial charge in [0.1, 0.15) is 23.0 Å². The zero-order chi connectivity index (χ0) is 24.9. The molecule has 4 aromatic rings. The fraction of sp³-hybridized carbons (Fsp3) is 0.120. The number of rotatable bonds is 5. The van der Waals surface area contributed by atoms with E-state index in [0.717, 1.165) is 5.56 Å². The molecule has 0 aliphatic carbocycles. The number of aromatic nitrogens is 2. The van der Waals surface area contributed by atoms with Crippen LogP contribution in [0.25, 0.3) is 11.3 Å². The number of hydrogen-bond donors (Lipinski definition) is 3. The van der Waals surface area contributed by atoms with Crippen LogP contribution in [0.3, 0.4) is 0 Å². The molecule has 0 fully saturated rings. The molecule has 7 nitrogen and oxygen atoms in total. The highest BCUT2D eigenvalue weighted by molar-refractivity contribution is 9.10. The van der Waals surface area contributed by atoms with Gasteiger partial charge in [0.2, 0.25) is 0 Å². The number of fused-ring (bicyclic) bond motifs is 1. The van der Waals surface area contributed by atoms with Crippen molar-refractivity contribution < 1.29 is 24.1 Å². The molecule has 0 bridgehead atoms. The largest absolute Gasteiger partial charge is 0.507 e. The maximum Gasteiger partial charge on any atom is 0.273 e. The molecule has 0 saturated heterocycles. The molecule has 2 heterocycles. The number of amides is 1. The predicted molar refractivity (Wildman–Crippen MR) is 131 cm³/mol. The number of aromatic hydroxyl groups is 2. The average Bonchev–Trinajstić information content (AvgIpc) is 3.38. The molecule has 1 aliphatic rings. The highest BCUT2D eigenvalue weighted by atomic mass is 79.9. The first kappa shape index (κ1) is 23.2. The van der Waals surface area contributed by atoms with Gasteiger partial charge in [-0.15, -0.1) is 0 Å². The van der Waals surface area contributed by atoms with Crippen LogP contribution >= 0.6 is 27.5 Å². The molecule has 1 aromatic heterocycles. The van der Waals surface area contributed by atoms with Crippen LogP contribution < -0.4 is 4.74 Å². The van der Waals surface area contributed by atoms with Gasteiger partial charge in [0.15, 0.2) is 11.5 Å². The van der Waals surface area contributed by atoms with Gasteiger partial charge in [-0.05, 0) is 69.5 Å². The summed E-state index contributed by atoms with van der Waals surface area (Å²) in [5, 5.41) is 28.4. The lowest BCUT2D eigenvalue weighted by Crippen LogP contribution is -2.29. The molecule has 178 valence electrons. The fourth-order valence-electron chi connectivity index (χ4n) is 4.30. The Labute approximate surface area is 212 Å². The molecule has 3 N–H and O–H groups in total. The third kappa shape index (κ3) is 4.00. The van der Waals surface area contributed by atoms with Gasteiger partial charge in [0.05, 0.1) is 17.6 Å². The standard InChI is InChI=1S/C25H18BrClFN3O4/c1-35-19-9-13(8-17(26)24(19)33)23-20-21(16-10-14(27)4-7-18(16)32)29-30-22(20)25(34)31(23)11-12-2-5-15(28)6-3-12/h2-10,23,32-33H,11H2,1H3,(H,29,30).